The van der Waals surface area contributed by atoms with Crippen LogP contribution >= 0.6 is 22.9 Å². The number of thiophene rings is 1. The molecule has 0 atom stereocenters. The zero-order valence-electron chi connectivity index (χ0n) is 12.6. The number of hydrogen-bond acceptors (Lipinski definition) is 5. The van der Waals surface area contributed by atoms with Crippen LogP contribution in [-0.4, -0.2) is 26.3 Å². The zero-order chi connectivity index (χ0) is 16.7. The van der Waals surface area contributed by atoms with Gasteiger partial charge in [-0.25, -0.2) is 4.39 Å². The van der Waals surface area contributed by atoms with Gasteiger partial charge in [-0.05, 0) is 17.7 Å². The van der Waals surface area contributed by atoms with Crippen molar-refractivity contribution >= 4 is 39.1 Å². The van der Waals surface area contributed by atoms with Crippen molar-refractivity contribution in [3.8, 4) is 11.1 Å². The molecule has 0 spiro atoms. The van der Waals surface area contributed by atoms with Gasteiger partial charge in [0.2, 0.25) is 5.43 Å². The monoisotopic (exact) mass is 365 g/mol. The Morgan fingerprint density at radius 2 is 2.00 bits per heavy atom. The van der Waals surface area contributed by atoms with E-state index in [0.717, 1.165) is 11.1 Å². The first-order chi connectivity index (χ1) is 11.6. The second kappa shape index (κ2) is 6.20. The molecule has 124 valence electrons. The Morgan fingerprint density at radius 1 is 1.21 bits per heavy atom. The van der Waals surface area contributed by atoms with E-state index >= 15 is 0 Å². The lowest BCUT2D eigenvalue weighted by Crippen LogP contribution is -2.36. The minimum atomic E-state index is -0.476. The predicted octanol–water partition coefficient (Wildman–Crippen LogP) is 4.15. The Labute approximate surface area is 146 Å². The van der Waals surface area contributed by atoms with E-state index in [0.29, 0.717) is 42.5 Å². The molecular formula is C17H13ClFNO3S. The fourth-order valence-corrected chi connectivity index (χ4v) is 3.83. The van der Waals surface area contributed by atoms with Crippen LogP contribution in [0.3, 0.4) is 0 Å². The topological polar surface area (TPSA) is 42.7 Å². The summed E-state index contributed by atoms with van der Waals surface area (Å²) in [7, 11) is 0. The Balaban J connectivity index is 1.86. The number of fused-ring (bicyclic) bond motifs is 1. The highest BCUT2D eigenvalue weighted by Gasteiger charge is 2.19. The van der Waals surface area contributed by atoms with E-state index in [1.807, 2.05) is 10.3 Å². The molecule has 1 aromatic carbocycles. The summed E-state index contributed by atoms with van der Waals surface area (Å²) in [5, 5.41) is 1.88. The first-order valence-corrected chi connectivity index (χ1v) is 8.73. The minimum absolute atomic E-state index is 0.0403. The molecule has 0 N–H and O–H groups in total. The van der Waals surface area contributed by atoms with Crippen LogP contribution in [0.4, 0.5) is 10.3 Å². The van der Waals surface area contributed by atoms with Crippen LogP contribution in [0.15, 0.2) is 38.9 Å². The number of ether oxygens (including phenoxy) is 1. The summed E-state index contributed by atoms with van der Waals surface area (Å²) >= 11 is 7.19. The third kappa shape index (κ3) is 2.70. The van der Waals surface area contributed by atoms with E-state index in [2.05, 4.69) is 0 Å². The van der Waals surface area contributed by atoms with Crippen molar-refractivity contribution in [2.45, 2.75) is 0 Å². The second-order valence-electron chi connectivity index (χ2n) is 5.48. The van der Waals surface area contributed by atoms with Crippen LogP contribution in [0.2, 0.25) is 5.02 Å². The van der Waals surface area contributed by atoms with Crippen molar-refractivity contribution in [2.24, 2.45) is 0 Å². The molecule has 0 saturated carbocycles. The molecule has 0 aliphatic carbocycles. The second-order valence-corrected chi connectivity index (χ2v) is 6.77. The minimum Gasteiger partial charge on any atom is -0.439 e. The number of morpholine rings is 1. The molecule has 0 bridgehead atoms. The first-order valence-electron chi connectivity index (χ1n) is 7.47. The fraction of sp³-hybridized carbons (Fsp3) is 0.235. The molecule has 3 heterocycles. The predicted molar refractivity (Wildman–Crippen MR) is 93.8 cm³/mol. The number of nitrogens with zero attached hydrogens (tertiary/aromatic N) is 1. The van der Waals surface area contributed by atoms with Gasteiger partial charge in [0, 0.05) is 30.1 Å². The third-order valence-corrected chi connectivity index (χ3v) is 5.25. The van der Waals surface area contributed by atoms with Gasteiger partial charge in [-0.2, -0.15) is 0 Å². The number of hydrogen-bond donors (Lipinski definition) is 0. The molecule has 2 aromatic heterocycles. The summed E-state index contributed by atoms with van der Waals surface area (Å²) in [6, 6.07) is 6.00. The molecule has 4 nitrogen and oxygen atoms in total. The summed E-state index contributed by atoms with van der Waals surface area (Å²) in [6.45, 7) is 2.56. The fourth-order valence-electron chi connectivity index (χ4n) is 2.73. The van der Waals surface area contributed by atoms with Crippen molar-refractivity contribution in [1.82, 2.24) is 0 Å². The van der Waals surface area contributed by atoms with Crippen LogP contribution in [-0.2, 0) is 4.74 Å². The molecule has 1 aliphatic heterocycles. The molecule has 24 heavy (non-hydrogen) atoms. The van der Waals surface area contributed by atoms with Crippen LogP contribution in [0.1, 0.15) is 0 Å². The van der Waals surface area contributed by atoms with E-state index in [9.17, 15) is 9.18 Å². The Kier molecular flexibility index (Phi) is 4.04. The quantitative estimate of drug-likeness (QED) is 0.684. The van der Waals surface area contributed by atoms with Gasteiger partial charge in [0.1, 0.15) is 10.5 Å². The van der Waals surface area contributed by atoms with E-state index in [1.165, 1.54) is 23.5 Å². The number of rotatable bonds is 2. The summed E-state index contributed by atoms with van der Waals surface area (Å²) in [5.74, 6) is 0.0547. The van der Waals surface area contributed by atoms with Gasteiger partial charge in [-0.3, -0.25) is 4.79 Å². The molecule has 7 heteroatoms. The molecule has 1 aliphatic rings. The van der Waals surface area contributed by atoms with Crippen molar-refractivity contribution in [1.29, 1.82) is 0 Å². The molecule has 1 fully saturated rings. The van der Waals surface area contributed by atoms with Gasteiger partial charge >= 0.3 is 0 Å². The molecular weight excluding hydrogens is 353 g/mol. The van der Waals surface area contributed by atoms with E-state index in [1.54, 1.807) is 12.1 Å². The van der Waals surface area contributed by atoms with E-state index in [4.69, 9.17) is 20.8 Å². The Bertz CT molecular complexity index is 962. The lowest BCUT2D eigenvalue weighted by Gasteiger charge is -2.27. The molecule has 1 saturated heterocycles. The van der Waals surface area contributed by atoms with E-state index in [-0.39, 0.29) is 10.5 Å². The molecule has 0 unspecified atom stereocenters. The lowest BCUT2D eigenvalue weighted by atomic mass is 10.1. The van der Waals surface area contributed by atoms with Crippen LogP contribution < -0.4 is 10.3 Å². The highest BCUT2D eigenvalue weighted by atomic mass is 35.5. The van der Waals surface area contributed by atoms with Crippen LogP contribution in [0, 0.1) is 5.82 Å². The van der Waals surface area contributed by atoms with Gasteiger partial charge in [0.15, 0.2) is 11.5 Å². The van der Waals surface area contributed by atoms with Gasteiger partial charge in [-0.15, -0.1) is 11.3 Å². The normalized spacial score (nSPS) is 15.2. The highest BCUT2D eigenvalue weighted by Crippen LogP contribution is 2.35. The van der Waals surface area contributed by atoms with Gasteiger partial charge in [-0.1, -0.05) is 17.7 Å². The largest absolute Gasteiger partial charge is 0.439 e. The molecule has 3 aromatic rings. The maximum absolute atomic E-state index is 13.4. The standard InChI is InChI=1S/C17H13ClFNO3S/c18-12-7-10(1-2-13(12)19)11-9-24-17-14(21)8-15(23-16(11)17)20-3-5-22-6-4-20/h1-2,7-9H,3-6H2. The average Bonchev–Trinajstić information content (AvgIpc) is 3.03. The highest BCUT2D eigenvalue weighted by molar-refractivity contribution is 7.17. The summed E-state index contributed by atoms with van der Waals surface area (Å²) in [6.07, 6.45) is 0. The third-order valence-electron chi connectivity index (χ3n) is 3.98. The number of halogens is 2. The number of benzene rings is 1. The number of anilines is 1. The smallest absolute Gasteiger partial charge is 0.204 e. The van der Waals surface area contributed by atoms with Crippen LogP contribution in [0.25, 0.3) is 21.4 Å². The SMILES string of the molecule is O=c1cc(N2CCOCC2)oc2c(-c3ccc(F)c(Cl)c3)csc12. The molecule has 0 radical (unpaired) electrons. The van der Waals surface area contributed by atoms with Crippen molar-refractivity contribution < 1.29 is 13.5 Å². The van der Waals surface area contributed by atoms with E-state index < -0.39 is 5.82 Å². The van der Waals surface area contributed by atoms with Gasteiger partial charge in [0.25, 0.3) is 0 Å². The van der Waals surface area contributed by atoms with Crippen molar-refractivity contribution in [2.75, 3.05) is 31.2 Å². The average molecular weight is 366 g/mol. The van der Waals surface area contributed by atoms with Gasteiger partial charge < -0.3 is 14.1 Å². The summed E-state index contributed by atoms with van der Waals surface area (Å²) in [5.41, 5.74) is 1.89. The maximum Gasteiger partial charge on any atom is 0.204 e. The summed E-state index contributed by atoms with van der Waals surface area (Å²) < 4.78 is 25.3. The molecule has 0 amide bonds. The van der Waals surface area contributed by atoms with Crippen molar-refractivity contribution in [3.05, 3.63) is 50.7 Å². The lowest BCUT2D eigenvalue weighted by molar-refractivity contribution is 0.121. The first kappa shape index (κ1) is 15.6. The molecule has 4 rings (SSSR count). The maximum atomic E-state index is 13.4. The van der Waals surface area contributed by atoms with Crippen LogP contribution in [0.5, 0.6) is 0 Å². The zero-order valence-corrected chi connectivity index (χ0v) is 14.1. The Hall–Kier alpha value is -1.89. The Morgan fingerprint density at radius 3 is 2.75 bits per heavy atom. The summed E-state index contributed by atoms with van der Waals surface area (Å²) in [4.78, 5) is 14.4. The van der Waals surface area contributed by atoms with Gasteiger partial charge in [0.05, 0.1) is 18.2 Å². The van der Waals surface area contributed by atoms with Crippen molar-refractivity contribution in [3.63, 3.8) is 0 Å².